The number of Topliss-reactive ketones (excluding diaryl/α,β-unsaturated/α-hetero) is 1. The number of nitrogens with one attached hydrogen (secondary N) is 1. The highest BCUT2D eigenvalue weighted by Crippen LogP contribution is 2.41. The molecule has 7 heteroatoms. The van der Waals surface area contributed by atoms with Crippen LogP contribution in [0.5, 0.6) is 0 Å². The number of hydrogen-bond donors (Lipinski definition) is 2. The molecule has 3 rings (SSSR count). The molecular weight excluding hydrogens is 412 g/mol. The quantitative estimate of drug-likeness (QED) is 0.772. The molecule has 0 aromatic heterocycles. The molecule has 138 valence electrons. The predicted octanol–water partition coefficient (Wildman–Crippen LogP) is 3.90. The van der Waals surface area contributed by atoms with E-state index in [9.17, 15) is 19.5 Å². The fraction of sp³-hybridized carbons (Fsp3) is 0.150. The van der Waals surface area contributed by atoms with Gasteiger partial charge in [-0.15, -0.1) is 0 Å². The number of aliphatic hydroxyl groups is 1. The van der Waals surface area contributed by atoms with Crippen molar-refractivity contribution in [2.75, 3.05) is 10.2 Å². The summed E-state index contributed by atoms with van der Waals surface area (Å²) in [5.74, 6) is -1.75. The van der Waals surface area contributed by atoms with Gasteiger partial charge in [-0.05, 0) is 48.9 Å². The number of aliphatic hydroxyl groups excluding tert-OH is 1. The monoisotopic (exact) mass is 428 g/mol. The Balaban J connectivity index is 2.07. The van der Waals surface area contributed by atoms with Crippen molar-refractivity contribution < 1.29 is 19.5 Å². The summed E-state index contributed by atoms with van der Waals surface area (Å²) in [6.45, 7) is 2.73. The minimum Gasteiger partial charge on any atom is -0.503 e. The molecule has 0 radical (unpaired) electrons. The average molecular weight is 429 g/mol. The van der Waals surface area contributed by atoms with Gasteiger partial charge in [-0.2, -0.15) is 0 Å². The maximum atomic E-state index is 12.7. The fourth-order valence-corrected chi connectivity index (χ4v) is 3.36. The van der Waals surface area contributed by atoms with Gasteiger partial charge in [0.05, 0.1) is 11.6 Å². The van der Waals surface area contributed by atoms with Gasteiger partial charge in [0, 0.05) is 22.8 Å². The van der Waals surface area contributed by atoms with E-state index in [1.807, 2.05) is 12.1 Å². The number of carbonyl (C=O) groups is 3. The number of ketones is 1. The molecule has 1 aliphatic heterocycles. The molecule has 2 aromatic carbocycles. The summed E-state index contributed by atoms with van der Waals surface area (Å²) in [4.78, 5) is 37.4. The van der Waals surface area contributed by atoms with Gasteiger partial charge in [0.2, 0.25) is 5.91 Å². The Morgan fingerprint density at radius 1 is 1.04 bits per heavy atom. The number of amides is 2. The van der Waals surface area contributed by atoms with E-state index in [2.05, 4.69) is 21.2 Å². The summed E-state index contributed by atoms with van der Waals surface area (Å²) in [6.07, 6.45) is 0. The zero-order chi connectivity index (χ0) is 19.7. The van der Waals surface area contributed by atoms with Crippen molar-refractivity contribution in [3.05, 3.63) is 69.9 Å². The Morgan fingerprint density at radius 3 is 2.15 bits per heavy atom. The Hall–Kier alpha value is -2.93. The number of hydrogen-bond acceptors (Lipinski definition) is 4. The summed E-state index contributed by atoms with van der Waals surface area (Å²) in [7, 11) is 0. The summed E-state index contributed by atoms with van der Waals surface area (Å²) in [5.41, 5.74) is 1.85. The fourth-order valence-electron chi connectivity index (χ4n) is 3.10. The maximum Gasteiger partial charge on any atom is 0.294 e. The number of halogens is 1. The zero-order valence-corrected chi connectivity index (χ0v) is 16.3. The Bertz CT molecular complexity index is 949. The van der Waals surface area contributed by atoms with Gasteiger partial charge in [0.25, 0.3) is 5.91 Å². The maximum absolute atomic E-state index is 12.7. The lowest BCUT2D eigenvalue weighted by Crippen LogP contribution is -2.30. The van der Waals surface area contributed by atoms with E-state index in [0.29, 0.717) is 16.9 Å². The van der Waals surface area contributed by atoms with E-state index < -0.39 is 17.7 Å². The summed E-state index contributed by atoms with van der Waals surface area (Å²) < 4.78 is 0.861. The third-order valence-corrected chi connectivity index (χ3v) is 4.77. The first-order chi connectivity index (χ1) is 12.8. The van der Waals surface area contributed by atoms with Crippen LogP contribution in [0.2, 0.25) is 0 Å². The molecule has 0 bridgehead atoms. The minimum absolute atomic E-state index is 0.0632. The molecular formula is C20H17BrN2O4. The molecule has 1 heterocycles. The number of nitrogens with zero attached hydrogens (tertiary/aromatic N) is 1. The van der Waals surface area contributed by atoms with Crippen LogP contribution >= 0.6 is 15.9 Å². The first-order valence-corrected chi connectivity index (χ1v) is 8.99. The molecule has 2 N–H and O–H groups in total. The molecule has 0 fully saturated rings. The number of carbonyl (C=O) groups excluding carboxylic acids is 3. The molecule has 0 saturated heterocycles. The molecule has 2 aromatic rings. The number of benzene rings is 2. The van der Waals surface area contributed by atoms with Crippen LogP contribution in [0.4, 0.5) is 11.4 Å². The molecule has 0 saturated carbocycles. The Kier molecular flexibility index (Phi) is 5.14. The van der Waals surface area contributed by atoms with Crippen molar-refractivity contribution in [2.24, 2.45) is 0 Å². The van der Waals surface area contributed by atoms with Gasteiger partial charge < -0.3 is 10.4 Å². The van der Waals surface area contributed by atoms with Gasteiger partial charge >= 0.3 is 0 Å². The van der Waals surface area contributed by atoms with Crippen LogP contribution in [0.1, 0.15) is 25.5 Å². The molecule has 1 atom stereocenters. The Morgan fingerprint density at radius 2 is 1.63 bits per heavy atom. The molecule has 27 heavy (non-hydrogen) atoms. The van der Waals surface area contributed by atoms with Gasteiger partial charge in [-0.1, -0.05) is 28.1 Å². The van der Waals surface area contributed by atoms with Crippen molar-refractivity contribution in [1.82, 2.24) is 0 Å². The molecule has 1 aliphatic rings. The van der Waals surface area contributed by atoms with E-state index in [0.717, 1.165) is 4.47 Å². The highest BCUT2D eigenvalue weighted by molar-refractivity contribution is 9.10. The second-order valence-electron chi connectivity index (χ2n) is 6.18. The van der Waals surface area contributed by atoms with Crippen molar-refractivity contribution in [3.8, 4) is 0 Å². The molecule has 6 nitrogen and oxygen atoms in total. The van der Waals surface area contributed by atoms with E-state index in [1.165, 1.54) is 18.7 Å². The van der Waals surface area contributed by atoms with Crippen LogP contribution in [0.3, 0.4) is 0 Å². The van der Waals surface area contributed by atoms with Crippen LogP contribution in [0.25, 0.3) is 0 Å². The van der Waals surface area contributed by atoms with Gasteiger partial charge in [0.15, 0.2) is 11.5 Å². The third kappa shape index (κ3) is 3.64. The molecule has 2 amide bonds. The number of anilines is 2. The summed E-state index contributed by atoms with van der Waals surface area (Å²) >= 11 is 3.37. The molecule has 1 unspecified atom stereocenters. The van der Waals surface area contributed by atoms with E-state index in [4.69, 9.17) is 0 Å². The van der Waals surface area contributed by atoms with Gasteiger partial charge in [-0.25, -0.2) is 0 Å². The second kappa shape index (κ2) is 7.36. The van der Waals surface area contributed by atoms with Crippen LogP contribution in [-0.4, -0.2) is 22.7 Å². The van der Waals surface area contributed by atoms with Crippen LogP contribution in [-0.2, 0) is 14.4 Å². The SMILES string of the molecule is CC(=O)Nc1ccc(N2C(=O)C(O)=C(C(C)=O)C2c2ccc(Br)cc2)cc1. The summed E-state index contributed by atoms with van der Waals surface area (Å²) in [5, 5.41) is 13.0. The predicted molar refractivity (Wildman–Crippen MR) is 105 cm³/mol. The van der Waals surface area contributed by atoms with Gasteiger partial charge in [-0.3, -0.25) is 19.3 Å². The normalized spacial score (nSPS) is 16.6. The van der Waals surface area contributed by atoms with E-state index >= 15 is 0 Å². The average Bonchev–Trinajstić information content (AvgIpc) is 2.87. The summed E-state index contributed by atoms with van der Waals surface area (Å²) in [6, 6.07) is 13.1. The van der Waals surface area contributed by atoms with Crippen molar-refractivity contribution >= 4 is 44.9 Å². The topological polar surface area (TPSA) is 86.7 Å². The van der Waals surface area contributed by atoms with Crippen molar-refractivity contribution in [1.29, 1.82) is 0 Å². The lowest BCUT2D eigenvalue weighted by molar-refractivity contribution is -0.117. The lowest BCUT2D eigenvalue weighted by Gasteiger charge is -2.27. The highest BCUT2D eigenvalue weighted by Gasteiger charge is 2.43. The van der Waals surface area contributed by atoms with Crippen molar-refractivity contribution in [2.45, 2.75) is 19.9 Å². The molecule has 0 aliphatic carbocycles. The van der Waals surface area contributed by atoms with Crippen molar-refractivity contribution in [3.63, 3.8) is 0 Å². The third-order valence-electron chi connectivity index (χ3n) is 4.24. The van der Waals surface area contributed by atoms with Crippen LogP contribution in [0.15, 0.2) is 64.3 Å². The van der Waals surface area contributed by atoms with Gasteiger partial charge in [0.1, 0.15) is 0 Å². The first kappa shape index (κ1) is 18.8. The zero-order valence-electron chi connectivity index (χ0n) is 14.7. The van der Waals surface area contributed by atoms with E-state index in [-0.39, 0.29) is 17.3 Å². The lowest BCUT2D eigenvalue weighted by atomic mass is 9.96. The van der Waals surface area contributed by atoms with Crippen LogP contribution in [0, 0.1) is 0 Å². The largest absolute Gasteiger partial charge is 0.503 e. The van der Waals surface area contributed by atoms with Crippen LogP contribution < -0.4 is 10.2 Å². The highest BCUT2D eigenvalue weighted by atomic mass is 79.9. The standard InChI is InChI=1S/C20H17BrN2O4/c1-11(24)17-18(13-3-5-14(21)6-4-13)23(20(27)19(17)26)16-9-7-15(8-10-16)22-12(2)25/h3-10,18,26H,1-2H3,(H,22,25). The van der Waals surface area contributed by atoms with E-state index in [1.54, 1.807) is 36.4 Å². The smallest absolute Gasteiger partial charge is 0.294 e. The molecule has 0 spiro atoms. The minimum atomic E-state index is -0.727. The number of rotatable bonds is 4. The second-order valence-corrected chi connectivity index (χ2v) is 7.09. The Labute approximate surface area is 164 Å². The first-order valence-electron chi connectivity index (χ1n) is 8.20.